The Morgan fingerprint density at radius 2 is 1.72 bits per heavy atom. The summed E-state index contributed by atoms with van der Waals surface area (Å²) in [6.45, 7) is -5.30. The third kappa shape index (κ3) is 4.23. The second-order valence-electron chi connectivity index (χ2n) is 4.28. The van der Waals surface area contributed by atoms with E-state index in [0.29, 0.717) is 0 Å². The molecule has 0 N–H and O–H groups in total. The Bertz CT molecular complexity index is 405. The van der Waals surface area contributed by atoms with Gasteiger partial charge in [0.2, 0.25) is 0 Å². The van der Waals surface area contributed by atoms with E-state index in [-0.39, 0.29) is 63.2 Å². The summed E-state index contributed by atoms with van der Waals surface area (Å²) in [6.07, 6.45) is 3.88. The number of ether oxygens (including phenoxy) is 1. The normalized spacial score (nSPS) is 16.4. The molecule has 1 aromatic rings. The molecule has 1 aliphatic carbocycles. The van der Waals surface area contributed by atoms with Crippen molar-refractivity contribution in [1.29, 1.82) is 0 Å². The predicted molar refractivity (Wildman–Crippen MR) is 58.0 cm³/mol. The van der Waals surface area contributed by atoms with Crippen molar-refractivity contribution in [1.82, 2.24) is 0 Å². The van der Waals surface area contributed by atoms with Gasteiger partial charge in [0, 0.05) is 6.07 Å². The average Bonchev–Trinajstić information content (AvgIpc) is 2.68. The molecule has 0 spiro atoms. The molecule has 0 unspecified atom stereocenters. The van der Waals surface area contributed by atoms with Crippen LogP contribution >= 0.6 is 0 Å². The minimum Gasteiger partial charge on any atom is -0.490 e. The largest absolute Gasteiger partial charge is 1.00 e. The van der Waals surface area contributed by atoms with Crippen molar-refractivity contribution >= 4 is 12.4 Å². The Morgan fingerprint density at radius 1 is 1.11 bits per heavy atom. The van der Waals surface area contributed by atoms with Crippen LogP contribution in [0.4, 0.5) is 17.3 Å². The van der Waals surface area contributed by atoms with Gasteiger partial charge in [0.1, 0.15) is 5.75 Å². The van der Waals surface area contributed by atoms with Gasteiger partial charge in [-0.2, -0.15) is 0 Å². The zero-order chi connectivity index (χ0) is 12.5. The summed E-state index contributed by atoms with van der Waals surface area (Å²) in [5, 5.41) is 0. The Hall–Kier alpha value is 0.441. The third-order valence-electron chi connectivity index (χ3n) is 2.93. The molecule has 0 amide bonds. The predicted octanol–water partition coefficient (Wildman–Crippen LogP) is 0.205. The molecule has 0 saturated heterocycles. The second kappa shape index (κ2) is 6.74. The van der Waals surface area contributed by atoms with Gasteiger partial charge < -0.3 is 17.7 Å². The number of hydrogen-bond acceptors (Lipinski definition) is 1. The van der Waals surface area contributed by atoms with E-state index in [1.807, 2.05) is 0 Å². The maximum absolute atomic E-state index is 13.2. The molecule has 0 heterocycles. The molecular formula is C11H12BF4KO. The van der Waals surface area contributed by atoms with Gasteiger partial charge in [0.15, 0.2) is 0 Å². The molecule has 0 aliphatic heterocycles. The molecule has 1 fully saturated rings. The van der Waals surface area contributed by atoms with Crippen molar-refractivity contribution in [3.63, 3.8) is 0 Å². The third-order valence-corrected chi connectivity index (χ3v) is 2.93. The summed E-state index contributed by atoms with van der Waals surface area (Å²) < 4.78 is 55.8. The van der Waals surface area contributed by atoms with Crippen LogP contribution in [0.3, 0.4) is 0 Å². The van der Waals surface area contributed by atoms with Gasteiger partial charge in [-0.05, 0) is 31.7 Å². The van der Waals surface area contributed by atoms with Crippen molar-refractivity contribution in [2.75, 3.05) is 0 Å². The Morgan fingerprint density at radius 3 is 2.22 bits per heavy atom. The van der Waals surface area contributed by atoms with Crippen molar-refractivity contribution in [3.05, 3.63) is 24.0 Å². The summed E-state index contributed by atoms with van der Waals surface area (Å²) in [7, 11) is 0. The van der Waals surface area contributed by atoms with E-state index in [1.165, 1.54) is 6.07 Å². The van der Waals surface area contributed by atoms with Gasteiger partial charge in [0.05, 0.1) is 11.9 Å². The maximum atomic E-state index is 13.2. The summed E-state index contributed by atoms with van der Waals surface area (Å²) in [4.78, 5) is 0. The standard InChI is InChI=1S/C11H12BF4O.K/c13-11-7-9(17-8-3-1-2-4-8)5-6-10(11)12(14,15)16;/h5-8H,1-4H2;/q-1;+1. The smallest absolute Gasteiger partial charge is 0.490 e. The minimum atomic E-state index is -5.30. The van der Waals surface area contributed by atoms with Crippen molar-refractivity contribution in [3.8, 4) is 5.75 Å². The van der Waals surface area contributed by atoms with E-state index in [2.05, 4.69) is 0 Å². The topological polar surface area (TPSA) is 9.23 Å². The molecule has 1 nitrogen and oxygen atoms in total. The first-order valence-electron chi connectivity index (χ1n) is 5.63. The molecule has 1 aliphatic rings. The maximum Gasteiger partial charge on any atom is 1.00 e. The number of benzene rings is 1. The van der Waals surface area contributed by atoms with E-state index < -0.39 is 18.3 Å². The first kappa shape index (κ1) is 16.5. The van der Waals surface area contributed by atoms with Crippen molar-refractivity contribution < 1.29 is 73.5 Å². The first-order valence-corrected chi connectivity index (χ1v) is 5.63. The van der Waals surface area contributed by atoms with Gasteiger partial charge in [-0.3, -0.25) is 0 Å². The minimum absolute atomic E-state index is 0. The summed E-state index contributed by atoms with van der Waals surface area (Å²) in [5.74, 6) is -1.08. The van der Waals surface area contributed by atoms with E-state index in [9.17, 15) is 17.3 Å². The van der Waals surface area contributed by atoms with Gasteiger partial charge in [-0.1, -0.05) is 11.5 Å². The van der Waals surface area contributed by atoms with Crippen LogP contribution in [0.5, 0.6) is 5.75 Å². The van der Waals surface area contributed by atoms with Crippen LogP contribution in [0, 0.1) is 5.82 Å². The molecule has 0 aromatic heterocycles. The van der Waals surface area contributed by atoms with E-state index in [4.69, 9.17) is 4.74 Å². The van der Waals surface area contributed by atoms with E-state index in [0.717, 1.165) is 37.8 Å². The molecule has 94 valence electrons. The Balaban J connectivity index is 0.00000162. The quantitative estimate of drug-likeness (QED) is 0.570. The monoisotopic (exact) mass is 286 g/mol. The summed E-state index contributed by atoms with van der Waals surface area (Å²) in [5.41, 5.74) is -1.19. The molecule has 0 radical (unpaired) electrons. The fraction of sp³-hybridized carbons (Fsp3) is 0.455. The zero-order valence-electron chi connectivity index (χ0n) is 10.1. The first-order chi connectivity index (χ1) is 7.97. The van der Waals surface area contributed by atoms with Crippen molar-refractivity contribution in [2.45, 2.75) is 31.8 Å². The summed E-state index contributed by atoms with van der Waals surface area (Å²) >= 11 is 0. The van der Waals surface area contributed by atoms with Crippen molar-refractivity contribution in [2.24, 2.45) is 0 Å². The molecule has 7 heteroatoms. The Kier molecular flexibility index (Phi) is 6.18. The fourth-order valence-electron chi connectivity index (χ4n) is 2.05. The van der Waals surface area contributed by atoms with Gasteiger partial charge in [-0.15, -0.1) is 0 Å². The average molecular weight is 286 g/mol. The molecule has 1 aromatic carbocycles. The summed E-state index contributed by atoms with van der Waals surface area (Å²) in [6, 6.07) is 2.76. The molecule has 0 bridgehead atoms. The van der Waals surface area contributed by atoms with Crippen LogP contribution in [-0.4, -0.2) is 13.1 Å². The molecule has 18 heavy (non-hydrogen) atoms. The van der Waals surface area contributed by atoms with Gasteiger partial charge in [-0.25, -0.2) is 4.39 Å². The van der Waals surface area contributed by atoms with E-state index in [1.54, 1.807) is 0 Å². The van der Waals surface area contributed by atoms with Crippen LogP contribution in [0.1, 0.15) is 25.7 Å². The van der Waals surface area contributed by atoms with Crippen LogP contribution in [0.25, 0.3) is 0 Å². The molecule has 2 rings (SSSR count). The SMILES string of the molecule is Fc1cc(OC2CCCC2)ccc1[B-](F)(F)F.[K+]. The second-order valence-corrected chi connectivity index (χ2v) is 4.28. The number of halogens is 4. The molecule has 1 saturated carbocycles. The van der Waals surface area contributed by atoms with Crippen LogP contribution in [0.2, 0.25) is 0 Å². The fourth-order valence-corrected chi connectivity index (χ4v) is 2.05. The number of rotatable bonds is 3. The van der Waals surface area contributed by atoms with Crippen LogP contribution < -0.4 is 61.6 Å². The van der Waals surface area contributed by atoms with Gasteiger partial charge >= 0.3 is 58.4 Å². The number of hydrogen-bond donors (Lipinski definition) is 0. The zero-order valence-corrected chi connectivity index (χ0v) is 13.3. The van der Waals surface area contributed by atoms with Crippen LogP contribution in [0.15, 0.2) is 18.2 Å². The van der Waals surface area contributed by atoms with E-state index >= 15 is 0 Å². The Labute approximate surface area is 146 Å². The van der Waals surface area contributed by atoms with Crippen LogP contribution in [-0.2, 0) is 0 Å². The molecular weight excluding hydrogens is 274 g/mol. The van der Waals surface area contributed by atoms with Gasteiger partial charge in [0.25, 0.3) is 0 Å². The molecule has 0 atom stereocenters.